The van der Waals surface area contributed by atoms with E-state index in [1.54, 1.807) is 19.2 Å². The molecule has 102 valence electrons. The minimum atomic E-state index is -0.857. The minimum Gasteiger partial charge on any atom is -0.497 e. The molecule has 1 aliphatic rings. The highest BCUT2D eigenvalue weighted by atomic mass is 16.5. The van der Waals surface area contributed by atoms with Crippen molar-refractivity contribution in [3.05, 3.63) is 23.8 Å². The van der Waals surface area contributed by atoms with Gasteiger partial charge in [0.2, 0.25) is 0 Å². The Hall–Kier alpha value is -2.24. The molecule has 0 unspecified atom stereocenters. The first kappa shape index (κ1) is 13.2. The number of urea groups is 1. The first-order valence-corrected chi connectivity index (χ1v) is 5.94. The number of hydrogen-bond donors (Lipinski definition) is 2. The average Bonchev–Trinajstić information content (AvgIpc) is 2.29. The molecule has 6 nitrogen and oxygen atoms in total. The highest BCUT2D eigenvalue weighted by Crippen LogP contribution is 2.23. The smallest absolute Gasteiger partial charge is 0.321 e. The summed E-state index contributed by atoms with van der Waals surface area (Å²) in [4.78, 5) is 24.0. The van der Waals surface area contributed by atoms with Crippen molar-refractivity contribution in [3.63, 3.8) is 0 Å². The zero-order valence-electron chi connectivity index (χ0n) is 10.8. The molecule has 1 saturated heterocycles. The van der Waals surface area contributed by atoms with Crippen molar-refractivity contribution in [2.24, 2.45) is 5.92 Å². The molecule has 6 heteroatoms. The van der Waals surface area contributed by atoms with Gasteiger partial charge in [0.25, 0.3) is 0 Å². The van der Waals surface area contributed by atoms with E-state index in [0.29, 0.717) is 5.69 Å². The molecule has 1 aliphatic heterocycles. The van der Waals surface area contributed by atoms with Crippen LogP contribution in [0.2, 0.25) is 0 Å². The van der Waals surface area contributed by atoms with E-state index in [1.165, 1.54) is 4.90 Å². The maximum absolute atomic E-state index is 11.9. The molecule has 1 aromatic carbocycles. The summed E-state index contributed by atoms with van der Waals surface area (Å²) >= 11 is 0. The molecule has 1 heterocycles. The SMILES string of the molecule is COc1ccc(NC(=O)N2CC(C(=O)O)C2)c(C)c1. The molecule has 0 atom stereocenters. The second-order valence-corrected chi connectivity index (χ2v) is 4.55. The van der Waals surface area contributed by atoms with E-state index in [1.807, 2.05) is 13.0 Å². The first-order valence-electron chi connectivity index (χ1n) is 5.94. The first-order chi connectivity index (χ1) is 9.01. The number of hydrogen-bond acceptors (Lipinski definition) is 3. The molecule has 0 aromatic heterocycles. The Morgan fingerprint density at radius 3 is 2.63 bits per heavy atom. The summed E-state index contributed by atoms with van der Waals surface area (Å²) in [6.45, 7) is 2.39. The Kier molecular flexibility index (Phi) is 3.59. The number of likely N-dealkylation sites (tertiary alicyclic amines) is 1. The van der Waals surface area contributed by atoms with Crippen molar-refractivity contribution in [1.82, 2.24) is 4.90 Å². The van der Waals surface area contributed by atoms with E-state index in [-0.39, 0.29) is 19.1 Å². The summed E-state index contributed by atoms with van der Waals surface area (Å²) in [6.07, 6.45) is 0. The standard InChI is InChI=1S/C13H16N2O4/c1-8-5-10(19-2)3-4-11(8)14-13(18)15-6-9(7-15)12(16)17/h3-5,9H,6-7H2,1-2H3,(H,14,18)(H,16,17). The van der Waals surface area contributed by atoms with Gasteiger partial charge in [-0.2, -0.15) is 0 Å². The molecular formula is C13H16N2O4. The summed E-state index contributed by atoms with van der Waals surface area (Å²) in [5, 5.41) is 11.5. The molecule has 1 aromatic rings. The highest BCUT2D eigenvalue weighted by molar-refractivity contribution is 5.91. The summed E-state index contributed by atoms with van der Waals surface area (Å²) in [7, 11) is 1.58. The zero-order valence-corrected chi connectivity index (χ0v) is 10.8. The van der Waals surface area contributed by atoms with Gasteiger partial charge in [0.15, 0.2) is 0 Å². The van der Waals surface area contributed by atoms with E-state index >= 15 is 0 Å². The number of carboxylic acids is 1. The highest BCUT2D eigenvalue weighted by Gasteiger charge is 2.35. The Balaban J connectivity index is 1.95. The van der Waals surface area contributed by atoms with Crippen molar-refractivity contribution in [3.8, 4) is 5.75 Å². The number of carbonyl (C=O) groups excluding carboxylic acids is 1. The Labute approximate surface area is 111 Å². The molecular weight excluding hydrogens is 248 g/mol. The van der Waals surface area contributed by atoms with Gasteiger partial charge >= 0.3 is 12.0 Å². The van der Waals surface area contributed by atoms with Gasteiger partial charge in [-0.05, 0) is 30.7 Å². The zero-order chi connectivity index (χ0) is 14.0. The van der Waals surface area contributed by atoms with Crippen LogP contribution in [0.25, 0.3) is 0 Å². The summed E-state index contributed by atoms with van der Waals surface area (Å²) in [6, 6.07) is 5.08. The van der Waals surface area contributed by atoms with Gasteiger partial charge in [-0.3, -0.25) is 4.79 Å². The van der Waals surface area contributed by atoms with E-state index in [0.717, 1.165) is 11.3 Å². The minimum absolute atomic E-state index is 0.260. The van der Waals surface area contributed by atoms with Crippen LogP contribution in [0.1, 0.15) is 5.56 Å². The number of rotatable bonds is 3. The number of nitrogens with zero attached hydrogens (tertiary/aromatic N) is 1. The van der Waals surface area contributed by atoms with Gasteiger partial charge in [0, 0.05) is 18.8 Å². The van der Waals surface area contributed by atoms with E-state index in [2.05, 4.69) is 5.32 Å². The second-order valence-electron chi connectivity index (χ2n) is 4.55. The van der Waals surface area contributed by atoms with Crippen LogP contribution in [0.4, 0.5) is 10.5 Å². The van der Waals surface area contributed by atoms with Gasteiger partial charge in [0.1, 0.15) is 5.75 Å². The van der Waals surface area contributed by atoms with Gasteiger partial charge in [-0.25, -0.2) is 4.79 Å². The third-order valence-corrected chi connectivity index (χ3v) is 3.19. The molecule has 0 saturated carbocycles. The maximum Gasteiger partial charge on any atom is 0.321 e. The van der Waals surface area contributed by atoms with Gasteiger partial charge < -0.3 is 20.1 Å². The predicted molar refractivity (Wildman–Crippen MR) is 69.4 cm³/mol. The van der Waals surface area contributed by atoms with Crippen molar-refractivity contribution in [1.29, 1.82) is 0 Å². The average molecular weight is 264 g/mol. The number of carbonyl (C=O) groups is 2. The van der Waals surface area contributed by atoms with Gasteiger partial charge in [-0.15, -0.1) is 0 Å². The Morgan fingerprint density at radius 2 is 2.11 bits per heavy atom. The van der Waals surface area contributed by atoms with Crippen LogP contribution < -0.4 is 10.1 Å². The van der Waals surface area contributed by atoms with Crippen LogP contribution in [0, 0.1) is 12.8 Å². The van der Waals surface area contributed by atoms with Crippen LogP contribution in [0.3, 0.4) is 0 Å². The second kappa shape index (κ2) is 5.17. The summed E-state index contributed by atoms with van der Waals surface area (Å²) in [5.41, 5.74) is 1.59. The largest absolute Gasteiger partial charge is 0.497 e. The lowest BCUT2D eigenvalue weighted by Gasteiger charge is -2.36. The number of benzene rings is 1. The van der Waals surface area contributed by atoms with Crippen molar-refractivity contribution in [2.75, 3.05) is 25.5 Å². The number of aryl methyl sites for hydroxylation is 1. The van der Waals surface area contributed by atoms with Crippen LogP contribution in [0.15, 0.2) is 18.2 Å². The fourth-order valence-corrected chi connectivity index (χ4v) is 1.90. The Morgan fingerprint density at radius 1 is 1.42 bits per heavy atom. The molecule has 2 N–H and O–H groups in total. The van der Waals surface area contributed by atoms with Crippen LogP contribution in [-0.2, 0) is 4.79 Å². The topological polar surface area (TPSA) is 78.9 Å². The molecule has 1 fully saturated rings. The monoisotopic (exact) mass is 264 g/mol. The lowest BCUT2D eigenvalue weighted by molar-refractivity contribution is -0.145. The number of methoxy groups -OCH3 is 1. The number of amides is 2. The van der Waals surface area contributed by atoms with Crippen molar-refractivity contribution in [2.45, 2.75) is 6.92 Å². The van der Waals surface area contributed by atoms with Gasteiger partial charge in [-0.1, -0.05) is 0 Å². The number of ether oxygens (including phenoxy) is 1. The third-order valence-electron chi connectivity index (χ3n) is 3.19. The van der Waals surface area contributed by atoms with Crippen LogP contribution >= 0.6 is 0 Å². The molecule has 0 radical (unpaired) electrons. The van der Waals surface area contributed by atoms with E-state index in [9.17, 15) is 9.59 Å². The molecule has 2 rings (SSSR count). The molecule has 0 spiro atoms. The van der Waals surface area contributed by atoms with Crippen molar-refractivity contribution >= 4 is 17.7 Å². The summed E-state index contributed by atoms with van der Waals surface area (Å²) in [5.74, 6) is -0.571. The lowest BCUT2D eigenvalue weighted by Crippen LogP contribution is -2.54. The predicted octanol–water partition coefficient (Wildman–Crippen LogP) is 1.55. The molecule has 0 bridgehead atoms. The number of carboxylic acid groups (broad SMARTS) is 1. The van der Waals surface area contributed by atoms with Crippen LogP contribution in [-0.4, -0.2) is 42.2 Å². The summed E-state index contributed by atoms with van der Waals surface area (Å²) < 4.78 is 5.09. The molecule has 2 amide bonds. The Bertz CT molecular complexity index is 509. The fourth-order valence-electron chi connectivity index (χ4n) is 1.90. The quantitative estimate of drug-likeness (QED) is 0.868. The van der Waals surface area contributed by atoms with Gasteiger partial charge in [0.05, 0.1) is 13.0 Å². The van der Waals surface area contributed by atoms with E-state index < -0.39 is 11.9 Å². The molecule has 19 heavy (non-hydrogen) atoms. The third kappa shape index (κ3) is 2.78. The fraction of sp³-hybridized carbons (Fsp3) is 0.385. The number of anilines is 1. The van der Waals surface area contributed by atoms with Crippen molar-refractivity contribution < 1.29 is 19.4 Å². The normalized spacial score (nSPS) is 14.7. The number of nitrogens with one attached hydrogen (secondary N) is 1. The van der Waals surface area contributed by atoms with Crippen LogP contribution in [0.5, 0.6) is 5.75 Å². The van der Waals surface area contributed by atoms with E-state index in [4.69, 9.17) is 9.84 Å². The lowest BCUT2D eigenvalue weighted by atomic mass is 10.0. The molecule has 0 aliphatic carbocycles. The maximum atomic E-state index is 11.9. The number of aliphatic carboxylic acids is 1.